The van der Waals surface area contributed by atoms with Crippen molar-refractivity contribution in [2.75, 3.05) is 0 Å². The molecule has 0 saturated carbocycles. The van der Waals surface area contributed by atoms with Gasteiger partial charge in [-0.25, -0.2) is 0 Å². The molecule has 0 spiro atoms. The van der Waals surface area contributed by atoms with Gasteiger partial charge in [-0.1, -0.05) is 55.5 Å². The van der Waals surface area contributed by atoms with E-state index in [2.05, 4.69) is 60.8 Å². The third-order valence-corrected chi connectivity index (χ3v) is 3.59. The maximum atomic E-state index is 3.64. The minimum absolute atomic E-state index is 0.471. The molecule has 1 heterocycles. The number of hydrogen-bond donors (Lipinski definition) is 1. The molecule has 86 valence electrons. The second kappa shape index (κ2) is 4.34. The van der Waals surface area contributed by atoms with E-state index in [9.17, 15) is 0 Å². The third kappa shape index (κ3) is 1.77. The first kappa shape index (κ1) is 10.5. The molecule has 0 aliphatic carbocycles. The Hall–Kier alpha value is -1.60. The van der Waals surface area contributed by atoms with Crippen LogP contribution in [0.5, 0.6) is 0 Å². The van der Waals surface area contributed by atoms with Crippen LogP contribution >= 0.6 is 0 Å². The molecule has 1 aliphatic rings. The van der Waals surface area contributed by atoms with E-state index in [0.717, 1.165) is 13.0 Å². The van der Waals surface area contributed by atoms with Gasteiger partial charge in [-0.05, 0) is 28.7 Å². The molecule has 0 radical (unpaired) electrons. The van der Waals surface area contributed by atoms with Crippen molar-refractivity contribution in [1.82, 2.24) is 5.32 Å². The fourth-order valence-electron chi connectivity index (χ4n) is 2.69. The van der Waals surface area contributed by atoms with Crippen LogP contribution < -0.4 is 5.32 Å². The van der Waals surface area contributed by atoms with Crippen molar-refractivity contribution in [3.63, 3.8) is 0 Å². The van der Waals surface area contributed by atoms with Crippen LogP contribution in [0.4, 0.5) is 0 Å². The second-order valence-corrected chi connectivity index (χ2v) is 4.59. The van der Waals surface area contributed by atoms with Gasteiger partial charge < -0.3 is 5.32 Å². The van der Waals surface area contributed by atoms with Crippen molar-refractivity contribution >= 4 is 0 Å². The van der Waals surface area contributed by atoms with Crippen LogP contribution in [0.1, 0.15) is 30.5 Å². The van der Waals surface area contributed by atoms with Crippen LogP contribution in [-0.4, -0.2) is 0 Å². The van der Waals surface area contributed by atoms with E-state index in [1.54, 1.807) is 0 Å². The van der Waals surface area contributed by atoms with Crippen LogP contribution in [0.2, 0.25) is 0 Å². The van der Waals surface area contributed by atoms with Gasteiger partial charge in [-0.3, -0.25) is 0 Å². The molecule has 3 rings (SSSR count). The average molecular weight is 223 g/mol. The fourth-order valence-corrected chi connectivity index (χ4v) is 2.69. The maximum Gasteiger partial charge on any atom is 0.0326 e. The van der Waals surface area contributed by atoms with Crippen molar-refractivity contribution < 1.29 is 0 Å². The Morgan fingerprint density at radius 2 is 1.71 bits per heavy atom. The Labute approximate surface area is 102 Å². The summed E-state index contributed by atoms with van der Waals surface area (Å²) < 4.78 is 0. The molecule has 1 heteroatoms. The second-order valence-electron chi connectivity index (χ2n) is 4.59. The molecule has 1 N–H and O–H groups in total. The fraction of sp³-hybridized carbons (Fsp3) is 0.250. The van der Waals surface area contributed by atoms with E-state index in [1.165, 1.54) is 22.3 Å². The van der Waals surface area contributed by atoms with Gasteiger partial charge in [-0.2, -0.15) is 0 Å². The summed E-state index contributed by atoms with van der Waals surface area (Å²) in [4.78, 5) is 0. The van der Waals surface area contributed by atoms with Gasteiger partial charge >= 0.3 is 0 Å². The maximum absolute atomic E-state index is 3.64. The first-order chi connectivity index (χ1) is 8.40. The number of fused-ring (bicyclic) bond motifs is 3. The number of nitrogens with one attached hydrogen (secondary N) is 1. The van der Waals surface area contributed by atoms with E-state index in [0.29, 0.717) is 6.04 Å². The van der Waals surface area contributed by atoms with Gasteiger partial charge in [0.15, 0.2) is 0 Å². The zero-order valence-electron chi connectivity index (χ0n) is 10.1. The zero-order valence-corrected chi connectivity index (χ0v) is 10.1. The van der Waals surface area contributed by atoms with Gasteiger partial charge in [0, 0.05) is 12.6 Å². The molecule has 0 bridgehead atoms. The van der Waals surface area contributed by atoms with Gasteiger partial charge in [0.05, 0.1) is 0 Å². The summed E-state index contributed by atoms with van der Waals surface area (Å²) in [5, 5.41) is 3.64. The van der Waals surface area contributed by atoms with Crippen molar-refractivity contribution in [1.29, 1.82) is 0 Å². The minimum Gasteiger partial charge on any atom is -0.306 e. The smallest absolute Gasteiger partial charge is 0.0326 e. The van der Waals surface area contributed by atoms with E-state index in [-0.39, 0.29) is 0 Å². The molecule has 1 nitrogen and oxygen atoms in total. The van der Waals surface area contributed by atoms with Gasteiger partial charge in [0.25, 0.3) is 0 Å². The van der Waals surface area contributed by atoms with Gasteiger partial charge in [0.1, 0.15) is 0 Å². The van der Waals surface area contributed by atoms with Crippen LogP contribution in [0.25, 0.3) is 11.1 Å². The lowest BCUT2D eigenvalue weighted by Crippen LogP contribution is -2.18. The molecule has 1 atom stereocenters. The highest BCUT2D eigenvalue weighted by Gasteiger charge is 2.19. The lowest BCUT2D eigenvalue weighted by Gasteiger charge is -2.16. The highest BCUT2D eigenvalue weighted by Crippen LogP contribution is 2.34. The Kier molecular flexibility index (Phi) is 2.69. The van der Waals surface area contributed by atoms with Crippen molar-refractivity contribution in [2.45, 2.75) is 25.9 Å². The van der Waals surface area contributed by atoms with E-state index < -0.39 is 0 Å². The molecular weight excluding hydrogens is 206 g/mol. The predicted octanol–water partition coefficient (Wildman–Crippen LogP) is 3.91. The molecule has 0 unspecified atom stereocenters. The lowest BCUT2D eigenvalue weighted by atomic mass is 9.93. The number of benzene rings is 2. The summed E-state index contributed by atoms with van der Waals surface area (Å²) >= 11 is 0. The topological polar surface area (TPSA) is 12.0 Å². The van der Waals surface area contributed by atoms with Gasteiger partial charge in [0.2, 0.25) is 0 Å². The summed E-state index contributed by atoms with van der Waals surface area (Å²) in [6.45, 7) is 3.20. The monoisotopic (exact) mass is 223 g/mol. The summed E-state index contributed by atoms with van der Waals surface area (Å²) in [7, 11) is 0. The predicted molar refractivity (Wildman–Crippen MR) is 71.7 cm³/mol. The highest BCUT2D eigenvalue weighted by molar-refractivity contribution is 5.72. The highest BCUT2D eigenvalue weighted by atomic mass is 14.9. The summed E-state index contributed by atoms with van der Waals surface area (Å²) in [5.74, 6) is 0. The third-order valence-electron chi connectivity index (χ3n) is 3.59. The SMILES string of the molecule is CC[C@H]1NCc2ccccc2-c2ccccc21. The van der Waals surface area contributed by atoms with Gasteiger partial charge in [-0.15, -0.1) is 0 Å². The quantitative estimate of drug-likeness (QED) is 0.773. The molecular formula is C16H17N. The Morgan fingerprint density at radius 1 is 1.00 bits per heavy atom. The molecule has 0 saturated heterocycles. The summed E-state index contributed by atoms with van der Waals surface area (Å²) in [5.41, 5.74) is 5.60. The first-order valence-corrected chi connectivity index (χ1v) is 6.30. The minimum atomic E-state index is 0.471. The van der Waals surface area contributed by atoms with Crippen molar-refractivity contribution in [3.8, 4) is 11.1 Å². The Morgan fingerprint density at radius 3 is 2.53 bits per heavy atom. The summed E-state index contributed by atoms with van der Waals surface area (Å²) in [6.07, 6.45) is 1.13. The number of hydrogen-bond acceptors (Lipinski definition) is 1. The van der Waals surface area contributed by atoms with Crippen molar-refractivity contribution in [3.05, 3.63) is 59.7 Å². The largest absolute Gasteiger partial charge is 0.306 e. The van der Waals surface area contributed by atoms with E-state index in [4.69, 9.17) is 0 Å². The van der Waals surface area contributed by atoms with Crippen LogP contribution in [0, 0.1) is 0 Å². The van der Waals surface area contributed by atoms with E-state index >= 15 is 0 Å². The Bertz CT molecular complexity index is 531. The standard InChI is InChI=1S/C16H17N/c1-2-16-15-10-6-5-9-14(15)13-8-4-3-7-12(13)11-17-16/h3-10,16-17H,2,11H2,1H3/t16-/m1/s1. The average Bonchev–Trinajstić information content (AvgIpc) is 2.56. The number of rotatable bonds is 1. The van der Waals surface area contributed by atoms with Crippen LogP contribution in [0.15, 0.2) is 48.5 Å². The van der Waals surface area contributed by atoms with Crippen LogP contribution in [0.3, 0.4) is 0 Å². The normalized spacial score (nSPS) is 18.1. The Balaban J connectivity index is 2.23. The summed E-state index contributed by atoms with van der Waals surface area (Å²) in [6, 6.07) is 17.9. The molecule has 2 aromatic rings. The van der Waals surface area contributed by atoms with E-state index in [1.807, 2.05) is 0 Å². The molecule has 0 fully saturated rings. The molecule has 17 heavy (non-hydrogen) atoms. The molecule has 2 aromatic carbocycles. The first-order valence-electron chi connectivity index (χ1n) is 6.30. The van der Waals surface area contributed by atoms with Crippen LogP contribution in [-0.2, 0) is 6.54 Å². The lowest BCUT2D eigenvalue weighted by molar-refractivity contribution is 0.525. The zero-order chi connectivity index (χ0) is 11.7. The molecule has 0 amide bonds. The van der Waals surface area contributed by atoms with Crippen molar-refractivity contribution in [2.24, 2.45) is 0 Å². The molecule has 0 aromatic heterocycles. The molecule has 1 aliphatic heterocycles.